The van der Waals surface area contributed by atoms with E-state index >= 15 is 0 Å². The number of aryl methyl sites for hydroxylation is 1. The molecule has 0 aromatic carbocycles. The third-order valence-electron chi connectivity index (χ3n) is 3.05. The SMILES string of the molecule is Cc1ccc(OCC(=O)NC2CC2)c(CNC(C)C)n1. The molecule has 1 heterocycles. The maximum absolute atomic E-state index is 11.6. The number of nitrogens with zero attached hydrogens (tertiary/aromatic N) is 1. The molecule has 5 nitrogen and oxygen atoms in total. The largest absolute Gasteiger partial charge is 0.482 e. The Labute approximate surface area is 120 Å². The van der Waals surface area contributed by atoms with Crippen LogP contribution in [0.3, 0.4) is 0 Å². The number of hydrogen-bond donors (Lipinski definition) is 2. The Hall–Kier alpha value is -1.62. The fraction of sp³-hybridized carbons (Fsp3) is 0.600. The molecule has 0 radical (unpaired) electrons. The number of amides is 1. The van der Waals surface area contributed by atoms with E-state index in [0.29, 0.717) is 24.4 Å². The van der Waals surface area contributed by atoms with Crippen molar-refractivity contribution in [2.75, 3.05) is 6.61 Å². The topological polar surface area (TPSA) is 63.2 Å². The quantitative estimate of drug-likeness (QED) is 0.793. The van der Waals surface area contributed by atoms with Crippen molar-refractivity contribution < 1.29 is 9.53 Å². The van der Waals surface area contributed by atoms with Crippen molar-refractivity contribution in [2.24, 2.45) is 0 Å². The number of rotatable bonds is 7. The molecule has 0 atom stereocenters. The van der Waals surface area contributed by atoms with Crippen molar-refractivity contribution in [2.45, 2.75) is 52.2 Å². The van der Waals surface area contributed by atoms with Crippen LogP contribution in [0.4, 0.5) is 0 Å². The normalized spacial score (nSPS) is 14.4. The smallest absolute Gasteiger partial charge is 0.258 e. The molecular formula is C15H23N3O2. The predicted molar refractivity (Wildman–Crippen MR) is 77.6 cm³/mol. The highest BCUT2D eigenvalue weighted by Gasteiger charge is 2.23. The van der Waals surface area contributed by atoms with E-state index in [4.69, 9.17) is 4.74 Å². The minimum atomic E-state index is -0.0594. The molecular weight excluding hydrogens is 254 g/mol. The van der Waals surface area contributed by atoms with Gasteiger partial charge < -0.3 is 15.4 Å². The molecule has 0 bridgehead atoms. The molecule has 1 amide bonds. The first-order chi connectivity index (χ1) is 9.54. The van der Waals surface area contributed by atoms with Gasteiger partial charge in [0.1, 0.15) is 5.75 Å². The Bertz CT molecular complexity index is 470. The summed E-state index contributed by atoms with van der Waals surface area (Å²) in [4.78, 5) is 16.1. The summed E-state index contributed by atoms with van der Waals surface area (Å²) in [7, 11) is 0. The number of nitrogens with one attached hydrogen (secondary N) is 2. The molecule has 1 aliphatic rings. The van der Waals surface area contributed by atoms with E-state index in [1.54, 1.807) is 0 Å². The lowest BCUT2D eigenvalue weighted by atomic mass is 10.2. The molecule has 1 saturated carbocycles. The Morgan fingerprint density at radius 2 is 2.20 bits per heavy atom. The van der Waals surface area contributed by atoms with Crippen LogP contribution in [0.2, 0.25) is 0 Å². The minimum absolute atomic E-state index is 0.0515. The molecule has 1 aliphatic carbocycles. The van der Waals surface area contributed by atoms with Crippen LogP contribution in [0.15, 0.2) is 12.1 Å². The molecule has 0 aliphatic heterocycles. The van der Waals surface area contributed by atoms with E-state index < -0.39 is 0 Å². The van der Waals surface area contributed by atoms with Crippen molar-refractivity contribution in [3.8, 4) is 5.75 Å². The van der Waals surface area contributed by atoms with Gasteiger partial charge in [0.05, 0.1) is 5.69 Å². The van der Waals surface area contributed by atoms with Crippen LogP contribution in [0, 0.1) is 6.92 Å². The van der Waals surface area contributed by atoms with E-state index in [0.717, 1.165) is 24.2 Å². The average Bonchev–Trinajstić information content (AvgIpc) is 3.19. The molecule has 1 fully saturated rings. The molecule has 20 heavy (non-hydrogen) atoms. The third-order valence-corrected chi connectivity index (χ3v) is 3.05. The number of carbonyl (C=O) groups is 1. The highest BCUT2D eigenvalue weighted by Crippen LogP contribution is 2.19. The van der Waals surface area contributed by atoms with Gasteiger partial charge in [0.2, 0.25) is 0 Å². The Morgan fingerprint density at radius 1 is 1.45 bits per heavy atom. The maximum atomic E-state index is 11.6. The van der Waals surface area contributed by atoms with Crippen LogP contribution in [0.5, 0.6) is 5.75 Å². The summed E-state index contributed by atoms with van der Waals surface area (Å²) in [6.07, 6.45) is 2.17. The molecule has 2 rings (SSSR count). The van der Waals surface area contributed by atoms with Gasteiger partial charge in [-0.15, -0.1) is 0 Å². The number of ether oxygens (including phenoxy) is 1. The summed E-state index contributed by atoms with van der Waals surface area (Å²) in [5.74, 6) is 0.616. The van der Waals surface area contributed by atoms with E-state index in [1.807, 2.05) is 19.1 Å². The van der Waals surface area contributed by atoms with E-state index in [9.17, 15) is 4.79 Å². The zero-order chi connectivity index (χ0) is 14.5. The summed E-state index contributed by atoms with van der Waals surface area (Å²) in [6.45, 7) is 6.80. The van der Waals surface area contributed by atoms with Gasteiger partial charge in [0.15, 0.2) is 6.61 Å². The first kappa shape index (κ1) is 14.8. The van der Waals surface area contributed by atoms with Gasteiger partial charge in [-0.3, -0.25) is 9.78 Å². The molecule has 110 valence electrons. The molecule has 1 aromatic rings. The lowest BCUT2D eigenvalue weighted by Gasteiger charge is -2.13. The van der Waals surface area contributed by atoms with Gasteiger partial charge in [-0.25, -0.2) is 0 Å². The molecule has 0 saturated heterocycles. The van der Waals surface area contributed by atoms with Gasteiger partial charge in [0.25, 0.3) is 5.91 Å². The molecule has 0 unspecified atom stereocenters. The van der Waals surface area contributed by atoms with Crippen LogP contribution in [-0.2, 0) is 11.3 Å². The van der Waals surface area contributed by atoms with Crippen LogP contribution in [-0.4, -0.2) is 29.6 Å². The van der Waals surface area contributed by atoms with Crippen LogP contribution in [0.25, 0.3) is 0 Å². The number of pyridine rings is 1. The van der Waals surface area contributed by atoms with Gasteiger partial charge in [0, 0.05) is 24.3 Å². The fourth-order valence-electron chi connectivity index (χ4n) is 1.80. The second-order valence-electron chi connectivity index (χ2n) is 5.56. The highest BCUT2D eigenvalue weighted by atomic mass is 16.5. The second-order valence-corrected chi connectivity index (χ2v) is 5.56. The van der Waals surface area contributed by atoms with Gasteiger partial charge in [-0.1, -0.05) is 13.8 Å². The maximum Gasteiger partial charge on any atom is 0.258 e. The molecule has 5 heteroatoms. The Morgan fingerprint density at radius 3 is 2.85 bits per heavy atom. The minimum Gasteiger partial charge on any atom is -0.482 e. The predicted octanol–water partition coefficient (Wildman–Crippen LogP) is 1.55. The van der Waals surface area contributed by atoms with Crippen molar-refractivity contribution in [3.05, 3.63) is 23.5 Å². The zero-order valence-corrected chi connectivity index (χ0v) is 12.4. The zero-order valence-electron chi connectivity index (χ0n) is 12.4. The Kier molecular flexibility index (Phi) is 4.95. The third kappa shape index (κ3) is 4.81. The van der Waals surface area contributed by atoms with Gasteiger partial charge in [-0.05, 0) is 31.9 Å². The standard InChI is InChI=1S/C15H23N3O2/c1-10(2)16-8-13-14(7-4-11(3)17-13)20-9-15(19)18-12-5-6-12/h4,7,10,12,16H,5-6,8-9H2,1-3H3,(H,18,19). The first-order valence-electron chi connectivity index (χ1n) is 7.16. The van der Waals surface area contributed by atoms with Crippen molar-refractivity contribution in [3.63, 3.8) is 0 Å². The summed E-state index contributed by atoms with van der Waals surface area (Å²) >= 11 is 0. The monoisotopic (exact) mass is 277 g/mol. The van der Waals surface area contributed by atoms with E-state index in [2.05, 4.69) is 29.5 Å². The average molecular weight is 277 g/mol. The lowest BCUT2D eigenvalue weighted by Crippen LogP contribution is -2.31. The lowest BCUT2D eigenvalue weighted by molar-refractivity contribution is -0.123. The number of carbonyl (C=O) groups excluding carboxylic acids is 1. The van der Waals surface area contributed by atoms with Crippen LogP contribution >= 0.6 is 0 Å². The molecule has 1 aromatic heterocycles. The Balaban J connectivity index is 1.92. The van der Waals surface area contributed by atoms with Crippen molar-refractivity contribution in [1.82, 2.24) is 15.6 Å². The fourth-order valence-corrected chi connectivity index (χ4v) is 1.80. The number of hydrogen-bond acceptors (Lipinski definition) is 4. The molecule has 2 N–H and O–H groups in total. The summed E-state index contributed by atoms with van der Waals surface area (Å²) < 4.78 is 5.60. The van der Waals surface area contributed by atoms with Crippen molar-refractivity contribution >= 4 is 5.91 Å². The summed E-state index contributed by atoms with van der Waals surface area (Å²) in [5, 5.41) is 6.22. The van der Waals surface area contributed by atoms with E-state index in [-0.39, 0.29) is 12.5 Å². The van der Waals surface area contributed by atoms with Gasteiger partial charge >= 0.3 is 0 Å². The second kappa shape index (κ2) is 6.70. The summed E-state index contributed by atoms with van der Waals surface area (Å²) in [6, 6.07) is 4.52. The van der Waals surface area contributed by atoms with E-state index in [1.165, 1.54) is 0 Å². The first-order valence-corrected chi connectivity index (χ1v) is 7.16. The highest BCUT2D eigenvalue weighted by molar-refractivity contribution is 5.78. The number of aromatic nitrogens is 1. The summed E-state index contributed by atoms with van der Waals surface area (Å²) in [5.41, 5.74) is 1.79. The van der Waals surface area contributed by atoms with Crippen LogP contribution in [0.1, 0.15) is 38.1 Å². The van der Waals surface area contributed by atoms with Gasteiger partial charge in [-0.2, -0.15) is 0 Å². The van der Waals surface area contributed by atoms with Crippen LogP contribution < -0.4 is 15.4 Å². The van der Waals surface area contributed by atoms with Crippen molar-refractivity contribution in [1.29, 1.82) is 0 Å². The molecule has 0 spiro atoms.